The average molecular weight is 369 g/mol. The van der Waals surface area contributed by atoms with E-state index in [0.29, 0.717) is 6.61 Å². The molecule has 3 nitrogen and oxygen atoms in total. The van der Waals surface area contributed by atoms with Crippen LogP contribution in [0.2, 0.25) is 0 Å². The van der Waals surface area contributed by atoms with Crippen molar-refractivity contribution in [2.45, 2.75) is 124 Å². The van der Waals surface area contributed by atoms with Crippen LogP contribution in [-0.4, -0.2) is 23.3 Å². The van der Waals surface area contributed by atoms with Crippen LogP contribution >= 0.6 is 0 Å². The molecule has 0 aliphatic rings. The lowest BCUT2D eigenvalue weighted by atomic mass is 9.76. The Morgan fingerprint density at radius 2 is 1.12 bits per heavy atom. The quantitative estimate of drug-likeness (QED) is 0.212. The minimum atomic E-state index is -0.303. The third-order valence-corrected chi connectivity index (χ3v) is 5.75. The first-order valence-corrected chi connectivity index (χ1v) is 11.1. The van der Waals surface area contributed by atoms with Crippen LogP contribution in [-0.2, 0) is 9.59 Å². The van der Waals surface area contributed by atoms with Crippen molar-refractivity contribution < 1.29 is 14.7 Å². The van der Waals surface area contributed by atoms with Crippen molar-refractivity contribution in [3.63, 3.8) is 0 Å². The smallest absolute Gasteiger partial charge is 0.146 e. The molecule has 3 heteroatoms. The van der Waals surface area contributed by atoms with Gasteiger partial charge in [0.25, 0.3) is 0 Å². The number of rotatable bonds is 19. The second-order valence-electron chi connectivity index (χ2n) is 8.29. The van der Waals surface area contributed by atoms with Crippen molar-refractivity contribution in [1.82, 2.24) is 0 Å². The lowest BCUT2D eigenvalue weighted by Crippen LogP contribution is -2.28. The van der Waals surface area contributed by atoms with Crippen molar-refractivity contribution in [2.75, 3.05) is 6.61 Å². The van der Waals surface area contributed by atoms with E-state index in [-0.39, 0.29) is 23.4 Å². The van der Waals surface area contributed by atoms with Gasteiger partial charge in [-0.15, -0.1) is 0 Å². The molecule has 0 aromatic carbocycles. The fourth-order valence-corrected chi connectivity index (χ4v) is 3.52. The predicted molar refractivity (Wildman–Crippen MR) is 110 cm³/mol. The van der Waals surface area contributed by atoms with Crippen LogP contribution in [0.3, 0.4) is 0 Å². The lowest BCUT2D eigenvalue weighted by molar-refractivity contribution is -0.132. The molecule has 0 aliphatic carbocycles. The van der Waals surface area contributed by atoms with Gasteiger partial charge in [0.1, 0.15) is 11.6 Å². The van der Waals surface area contributed by atoms with Crippen LogP contribution < -0.4 is 0 Å². The van der Waals surface area contributed by atoms with E-state index in [0.717, 1.165) is 25.7 Å². The molecular formula is C23H44O3. The van der Waals surface area contributed by atoms with Crippen LogP contribution in [0.25, 0.3) is 0 Å². The number of aliphatic hydroxyl groups excluding tert-OH is 1. The Kier molecular flexibility index (Phi) is 16.0. The number of ketones is 2. The Bertz CT molecular complexity index is 364. The van der Waals surface area contributed by atoms with Gasteiger partial charge in [-0.1, -0.05) is 90.9 Å². The minimum Gasteiger partial charge on any atom is -0.396 e. The summed E-state index contributed by atoms with van der Waals surface area (Å²) in [5, 5.41) is 8.72. The normalized spacial score (nSPS) is 13.5. The van der Waals surface area contributed by atoms with Gasteiger partial charge in [-0.3, -0.25) is 9.59 Å². The summed E-state index contributed by atoms with van der Waals surface area (Å²) in [5.74, 6) is 0.115. The summed E-state index contributed by atoms with van der Waals surface area (Å²) in [7, 11) is 0. The zero-order valence-electron chi connectivity index (χ0n) is 17.8. The van der Waals surface area contributed by atoms with Crippen LogP contribution in [0, 0.1) is 5.41 Å². The first-order valence-electron chi connectivity index (χ1n) is 11.1. The van der Waals surface area contributed by atoms with Gasteiger partial charge in [0.15, 0.2) is 0 Å². The van der Waals surface area contributed by atoms with Crippen molar-refractivity contribution in [3.8, 4) is 0 Å². The second kappa shape index (κ2) is 16.5. The van der Waals surface area contributed by atoms with Gasteiger partial charge in [0.2, 0.25) is 0 Å². The molecule has 0 amide bonds. The van der Waals surface area contributed by atoms with Crippen LogP contribution in [0.1, 0.15) is 124 Å². The van der Waals surface area contributed by atoms with E-state index in [1.807, 2.05) is 6.92 Å². The molecule has 0 radical (unpaired) electrons. The van der Waals surface area contributed by atoms with E-state index >= 15 is 0 Å². The Morgan fingerprint density at radius 3 is 1.46 bits per heavy atom. The van der Waals surface area contributed by atoms with Crippen LogP contribution in [0.5, 0.6) is 0 Å². The van der Waals surface area contributed by atoms with Crippen molar-refractivity contribution in [3.05, 3.63) is 0 Å². The number of hydrogen-bond acceptors (Lipinski definition) is 3. The molecular weight excluding hydrogens is 324 g/mol. The third-order valence-electron chi connectivity index (χ3n) is 5.75. The van der Waals surface area contributed by atoms with Crippen molar-refractivity contribution >= 4 is 11.6 Å². The molecule has 0 heterocycles. The molecule has 0 fully saturated rings. The molecule has 154 valence electrons. The summed E-state index contributed by atoms with van der Waals surface area (Å²) in [6, 6.07) is 0. The number of aliphatic hydroxyl groups is 1. The molecule has 26 heavy (non-hydrogen) atoms. The summed E-state index contributed by atoms with van der Waals surface area (Å²) in [4.78, 5) is 23.4. The van der Waals surface area contributed by atoms with Crippen molar-refractivity contribution in [1.29, 1.82) is 0 Å². The summed E-state index contributed by atoms with van der Waals surface area (Å²) in [5.41, 5.74) is -0.303. The van der Waals surface area contributed by atoms with Crippen molar-refractivity contribution in [2.24, 2.45) is 5.41 Å². The average Bonchev–Trinajstić information content (AvgIpc) is 2.61. The van der Waals surface area contributed by atoms with Gasteiger partial charge in [-0.25, -0.2) is 0 Å². The van der Waals surface area contributed by atoms with Gasteiger partial charge in [0, 0.05) is 12.0 Å². The van der Waals surface area contributed by atoms with Gasteiger partial charge in [0.05, 0.1) is 6.42 Å². The Balaban J connectivity index is 3.52. The fourth-order valence-electron chi connectivity index (χ4n) is 3.52. The monoisotopic (exact) mass is 368 g/mol. The third kappa shape index (κ3) is 13.5. The second-order valence-corrected chi connectivity index (χ2v) is 8.29. The van der Waals surface area contributed by atoms with Gasteiger partial charge >= 0.3 is 0 Å². The predicted octanol–water partition coefficient (Wildman–Crippen LogP) is 6.40. The SMILES string of the molecule is CCC(C)(CCCCCCCCCCCCCCCO)C(=O)CC(C)=O. The highest BCUT2D eigenvalue weighted by molar-refractivity contribution is 6.00. The maximum atomic E-state index is 12.2. The molecule has 0 aliphatic heterocycles. The summed E-state index contributed by atoms with van der Waals surface area (Å²) < 4.78 is 0. The minimum absolute atomic E-state index is 0.0140. The van der Waals surface area contributed by atoms with Gasteiger partial charge in [-0.2, -0.15) is 0 Å². The molecule has 0 saturated carbocycles. The first kappa shape index (κ1) is 25.3. The molecule has 1 unspecified atom stereocenters. The molecule has 0 bridgehead atoms. The van der Waals surface area contributed by atoms with E-state index in [9.17, 15) is 9.59 Å². The molecule has 0 aromatic rings. The van der Waals surface area contributed by atoms with E-state index in [1.54, 1.807) is 0 Å². The zero-order valence-corrected chi connectivity index (χ0v) is 17.8. The summed E-state index contributed by atoms with van der Waals surface area (Å²) >= 11 is 0. The topological polar surface area (TPSA) is 54.4 Å². The molecule has 1 atom stereocenters. The Morgan fingerprint density at radius 1 is 0.731 bits per heavy atom. The van der Waals surface area contributed by atoms with E-state index in [1.165, 1.54) is 77.6 Å². The summed E-state index contributed by atoms with van der Waals surface area (Å²) in [6.07, 6.45) is 18.2. The molecule has 0 rings (SSSR count). The van der Waals surface area contributed by atoms with Gasteiger partial charge in [-0.05, 0) is 26.2 Å². The molecule has 0 aromatic heterocycles. The number of carbonyl (C=O) groups is 2. The van der Waals surface area contributed by atoms with Gasteiger partial charge < -0.3 is 5.11 Å². The molecule has 0 spiro atoms. The first-order chi connectivity index (χ1) is 12.5. The Labute approximate surface area is 162 Å². The molecule has 1 N–H and O–H groups in total. The Hall–Kier alpha value is -0.700. The highest BCUT2D eigenvalue weighted by Crippen LogP contribution is 2.31. The van der Waals surface area contributed by atoms with E-state index in [2.05, 4.69) is 6.92 Å². The maximum absolute atomic E-state index is 12.2. The summed E-state index contributed by atoms with van der Waals surface area (Å²) in [6.45, 7) is 5.93. The number of Topliss-reactive ketones (excluding diaryl/α,β-unsaturated/α-hetero) is 2. The standard InChI is InChI=1S/C23H44O3/c1-4-23(3,22(26)20-21(2)25)18-16-14-12-10-8-6-5-7-9-11-13-15-17-19-24/h24H,4-20H2,1-3H3. The van der Waals surface area contributed by atoms with E-state index < -0.39 is 0 Å². The fraction of sp³-hybridized carbons (Fsp3) is 0.913. The highest BCUT2D eigenvalue weighted by atomic mass is 16.2. The molecule has 0 saturated heterocycles. The van der Waals surface area contributed by atoms with Crippen LogP contribution in [0.4, 0.5) is 0 Å². The highest BCUT2D eigenvalue weighted by Gasteiger charge is 2.30. The van der Waals surface area contributed by atoms with E-state index in [4.69, 9.17) is 5.11 Å². The number of carbonyl (C=O) groups excluding carboxylic acids is 2. The number of hydrogen-bond donors (Lipinski definition) is 1. The lowest BCUT2D eigenvalue weighted by Gasteiger charge is -2.26. The maximum Gasteiger partial charge on any atom is 0.146 e. The zero-order chi connectivity index (χ0) is 19.7. The largest absolute Gasteiger partial charge is 0.396 e. The number of unbranched alkanes of at least 4 members (excludes halogenated alkanes) is 12. The van der Waals surface area contributed by atoms with Crippen LogP contribution in [0.15, 0.2) is 0 Å².